The molecule has 3 heteroatoms. The summed E-state index contributed by atoms with van der Waals surface area (Å²) in [5, 5.41) is 19.1. The molecule has 0 aromatic heterocycles. The Bertz CT molecular complexity index is 348. The van der Waals surface area contributed by atoms with Crippen LogP contribution in [-0.4, -0.2) is 14.1 Å². The van der Waals surface area contributed by atoms with Crippen molar-refractivity contribution < 1.29 is 10.2 Å². The van der Waals surface area contributed by atoms with Gasteiger partial charge in [-0.1, -0.05) is 49.4 Å². The van der Waals surface area contributed by atoms with Crippen LogP contribution in [0.2, 0.25) is 0 Å². The molecule has 0 aliphatic heterocycles. The SMILES string of the molecule is CC(I)CC(c1ccc(O)cc1O)C(C)C. The van der Waals surface area contributed by atoms with Crippen molar-refractivity contribution in [2.45, 2.75) is 37.0 Å². The van der Waals surface area contributed by atoms with Gasteiger partial charge in [-0.15, -0.1) is 0 Å². The van der Waals surface area contributed by atoms with Gasteiger partial charge in [-0.3, -0.25) is 0 Å². The number of hydrogen-bond acceptors (Lipinski definition) is 2. The number of aromatic hydroxyl groups is 2. The number of alkyl halides is 1. The molecule has 0 aliphatic rings. The predicted octanol–water partition coefficient (Wildman–Crippen LogP) is 4.05. The van der Waals surface area contributed by atoms with E-state index in [1.54, 1.807) is 6.07 Å². The van der Waals surface area contributed by atoms with Crippen LogP contribution in [0.15, 0.2) is 18.2 Å². The van der Waals surface area contributed by atoms with E-state index in [0.29, 0.717) is 15.8 Å². The van der Waals surface area contributed by atoms with Gasteiger partial charge in [0.05, 0.1) is 0 Å². The van der Waals surface area contributed by atoms with Crippen molar-refractivity contribution in [1.29, 1.82) is 0 Å². The van der Waals surface area contributed by atoms with Crippen LogP contribution >= 0.6 is 22.6 Å². The van der Waals surface area contributed by atoms with Crippen LogP contribution in [-0.2, 0) is 0 Å². The fourth-order valence-corrected chi connectivity index (χ4v) is 2.50. The van der Waals surface area contributed by atoms with E-state index in [4.69, 9.17) is 0 Å². The molecule has 1 rings (SSSR count). The summed E-state index contributed by atoms with van der Waals surface area (Å²) in [4.78, 5) is 0. The second-order valence-electron chi connectivity index (χ2n) is 4.61. The molecule has 2 N–H and O–H groups in total. The minimum absolute atomic E-state index is 0.117. The molecule has 0 fully saturated rings. The molecule has 0 saturated carbocycles. The van der Waals surface area contributed by atoms with Gasteiger partial charge in [-0.2, -0.15) is 0 Å². The molecule has 0 bridgehead atoms. The van der Waals surface area contributed by atoms with Crippen LogP contribution in [0.3, 0.4) is 0 Å². The summed E-state index contributed by atoms with van der Waals surface area (Å²) >= 11 is 2.41. The third-order valence-corrected chi connectivity index (χ3v) is 3.31. The second-order valence-corrected chi connectivity index (χ2v) is 6.74. The number of benzene rings is 1. The van der Waals surface area contributed by atoms with Gasteiger partial charge in [0, 0.05) is 9.99 Å². The number of halogens is 1. The van der Waals surface area contributed by atoms with Crippen molar-refractivity contribution in [2.75, 3.05) is 0 Å². The first-order valence-electron chi connectivity index (χ1n) is 5.57. The Morgan fingerprint density at radius 2 is 1.81 bits per heavy atom. The van der Waals surface area contributed by atoms with Crippen molar-refractivity contribution in [3.8, 4) is 11.5 Å². The molecule has 2 atom stereocenters. The van der Waals surface area contributed by atoms with E-state index < -0.39 is 0 Å². The minimum Gasteiger partial charge on any atom is -0.508 e. The van der Waals surface area contributed by atoms with Crippen LogP contribution in [0.5, 0.6) is 11.5 Å². The van der Waals surface area contributed by atoms with E-state index in [1.165, 1.54) is 6.07 Å². The number of phenolic OH excluding ortho intramolecular Hbond substituents is 2. The molecule has 0 amide bonds. The summed E-state index contributed by atoms with van der Waals surface area (Å²) in [5.41, 5.74) is 0.941. The van der Waals surface area contributed by atoms with E-state index in [9.17, 15) is 10.2 Å². The summed E-state index contributed by atoms with van der Waals surface area (Å²) in [6.45, 7) is 6.50. The second kappa shape index (κ2) is 5.75. The first-order valence-corrected chi connectivity index (χ1v) is 6.82. The largest absolute Gasteiger partial charge is 0.508 e. The molecule has 0 radical (unpaired) electrons. The summed E-state index contributed by atoms with van der Waals surface area (Å²) in [6.07, 6.45) is 1.04. The molecular formula is C13H19IO2. The lowest BCUT2D eigenvalue weighted by Crippen LogP contribution is -2.11. The van der Waals surface area contributed by atoms with E-state index in [-0.39, 0.29) is 11.5 Å². The maximum absolute atomic E-state index is 9.86. The molecule has 90 valence electrons. The molecular weight excluding hydrogens is 315 g/mol. The smallest absolute Gasteiger partial charge is 0.122 e. The number of phenols is 2. The van der Waals surface area contributed by atoms with Gasteiger partial charge >= 0.3 is 0 Å². The first kappa shape index (κ1) is 13.6. The number of hydrogen-bond donors (Lipinski definition) is 2. The van der Waals surface area contributed by atoms with Gasteiger partial charge in [-0.25, -0.2) is 0 Å². The summed E-state index contributed by atoms with van der Waals surface area (Å²) in [5.74, 6) is 1.14. The quantitative estimate of drug-likeness (QED) is 0.644. The zero-order valence-corrected chi connectivity index (χ0v) is 12.1. The van der Waals surface area contributed by atoms with Crippen LogP contribution in [0.25, 0.3) is 0 Å². The lowest BCUT2D eigenvalue weighted by Gasteiger charge is -2.23. The third kappa shape index (κ3) is 3.54. The molecule has 0 saturated heterocycles. The highest BCUT2D eigenvalue weighted by atomic mass is 127. The van der Waals surface area contributed by atoms with Gasteiger partial charge in [0.25, 0.3) is 0 Å². The third-order valence-electron chi connectivity index (χ3n) is 2.80. The van der Waals surface area contributed by atoms with Gasteiger partial charge < -0.3 is 10.2 Å². The average molecular weight is 334 g/mol. The van der Waals surface area contributed by atoms with E-state index in [0.717, 1.165) is 12.0 Å². The Morgan fingerprint density at radius 1 is 1.19 bits per heavy atom. The Hall–Kier alpha value is -0.450. The van der Waals surface area contributed by atoms with Crippen molar-refractivity contribution in [3.63, 3.8) is 0 Å². The van der Waals surface area contributed by atoms with Crippen molar-refractivity contribution in [2.24, 2.45) is 5.92 Å². The fourth-order valence-electron chi connectivity index (χ4n) is 1.95. The standard InChI is InChI=1S/C13H19IO2/c1-8(2)12(6-9(3)14)11-5-4-10(15)7-13(11)16/h4-5,7-9,12,15-16H,6H2,1-3H3. The molecule has 2 nitrogen and oxygen atoms in total. The first-order chi connectivity index (χ1) is 7.41. The molecule has 2 unspecified atom stereocenters. The lowest BCUT2D eigenvalue weighted by atomic mass is 9.84. The molecule has 0 spiro atoms. The van der Waals surface area contributed by atoms with E-state index >= 15 is 0 Å². The molecule has 0 aliphatic carbocycles. The lowest BCUT2D eigenvalue weighted by molar-refractivity contribution is 0.416. The zero-order valence-electron chi connectivity index (χ0n) is 9.94. The Balaban J connectivity index is 3.01. The van der Waals surface area contributed by atoms with Crippen LogP contribution in [0.4, 0.5) is 0 Å². The molecule has 0 heterocycles. The maximum Gasteiger partial charge on any atom is 0.122 e. The van der Waals surface area contributed by atoms with Crippen LogP contribution in [0.1, 0.15) is 38.7 Å². The maximum atomic E-state index is 9.86. The molecule has 16 heavy (non-hydrogen) atoms. The van der Waals surface area contributed by atoms with E-state index in [1.807, 2.05) is 6.07 Å². The molecule has 1 aromatic rings. The Kier molecular flexibility index (Phi) is 4.89. The highest BCUT2D eigenvalue weighted by molar-refractivity contribution is 14.1. The Morgan fingerprint density at radius 3 is 2.25 bits per heavy atom. The van der Waals surface area contributed by atoms with Gasteiger partial charge in [0.2, 0.25) is 0 Å². The highest BCUT2D eigenvalue weighted by Crippen LogP contribution is 2.37. The van der Waals surface area contributed by atoms with Crippen LogP contribution in [0, 0.1) is 5.92 Å². The van der Waals surface area contributed by atoms with Crippen molar-refractivity contribution >= 4 is 22.6 Å². The zero-order chi connectivity index (χ0) is 12.3. The van der Waals surface area contributed by atoms with Gasteiger partial charge in [0.1, 0.15) is 11.5 Å². The van der Waals surface area contributed by atoms with Crippen molar-refractivity contribution in [1.82, 2.24) is 0 Å². The predicted molar refractivity (Wildman–Crippen MR) is 75.4 cm³/mol. The molecule has 1 aromatic carbocycles. The topological polar surface area (TPSA) is 40.5 Å². The minimum atomic E-state index is 0.117. The average Bonchev–Trinajstić information content (AvgIpc) is 2.14. The van der Waals surface area contributed by atoms with Gasteiger partial charge in [0.15, 0.2) is 0 Å². The number of rotatable bonds is 4. The van der Waals surface area contributed by atoms with Gasteiger partial charge in [-0.05, 0) is 29.9 Å². The monoisotopic (exact) mass is 334 g/mol. The summed E-state index contributed by atoms with van der Waals surface area (Å²) in [7, 11) is 0. The normalized spacial score (nSPS) is 15.1. The summed E-state index contributed by atoms with van der Waals surface area (Å²) < 4.78 is 0.568. The van der Waals surface area contributed by atoms with Crippen molar-refractivity contribution in [3.05, 3.63) is 23.8 Å². The summed E-state index contributed by atoms with van der Waals surface area (Å²) in [6, 6.07) is 4.89. The highest BCUT2D eigenvalue weighted by Gasteiger charge is 2.20. The van der Waals surface area contributed by atoms with Crippen LogP contribution < -0.4 is 0 Å². The van der Waals surface area contributed by atoms with E-state index in [2.05, 4.69) is 43.4 Å². The fraction of sp³-hybridized carbons (Fsp3) is 0.538. The Labute approximate surface area is 111 Å².